The van der Waals surface area contributed by atoms with Crippen molar-refractivity contribution in [3.05, 3.63) is 17.0 Å². The molecule has 2 unspecified atom stereocenters. The molecular weight excluding hydrogens is 98.1 g/mol. The van der Waals surface area contributed by atoms with E-state index < -0.39 is 0 Å². The first-order valence-corrected chi connectivity index (χ1v) is 3.09. The summed E-state index contributed by atoms with van der Waals surface area (Å²) in [6, 6.07) is 3.54. The van der Waals surface area contributed by atoms with Crippen LogP contribution in [0.1, 0.15) is 12.8 Å². The van der Waals surface area contributed by atoms with Crippen LogP contribution in [0, 0.1) is 12.0 Å². The fraction of sp³-hybridized carbons (Fsp3) is 0.571. The summed E-state index contributed by atoms with van der Waals surface area (Å²) in [5, 5.41) is 0. The molecule has 2 bridgehead atoms. The maximum Gasteiger partial charge on any atom is 0.290 e. The number of nitrogens with zero attached hydrogens (tertiary/aromatic N) is 1. The highest BCUT2D eigenvalue weighted by molar-refractivity contribution is 5.21. The Labute approximate surface area is 48.8 Å². The van der Waals surface area contributed by atoms with Gasteiger partial charge in [-0.05, 0) is 12.5 Å². The Morgan fingerprint density at radius 3 is 2.50 bits per heavy atom. The Morgan fingerprint density at radius 2 is 2.38 bits per heavy atom. The first-order chi connectivity index (χ1) is 3.95. The van der Waals surface area contributed by atoms with Crippen molar-refractivity contribution in [2.45, 2.75) is 18.9 Å². The van der Waals surface area contributed by atoms with Gasteiger partial charge < -0.3 is 0 Å². The van der Waals surface area contributed by atoms with Crippen molar-refractivity contribution in [1.29, 1.82) is 0 Å². The molecule has 2 heterocycles. The van der Waals surface area contributed by atoms with Crippen molar-refractivity contribution < 1.29 is 0 Å². The lowest BCUT2D eigenvalue weighted by Gasteiger charge is -2.08. The Hall–Kier alpha value is -0.770. The van der Waals surface area contributed by atoms with Gasteiger partial charge in [0.2, 0.25) is 0 Å². The molecule has 0 aromatic rings. The molecule has 2 aliphatic heterocycles. The third-order valence-electron chi connectivity index (χ3n) is 1.75. The predicted octanol–water partition coefficient (Wildman–Crippen LogP) is 1.67. The molecule has 0 radical (unpaired) electrons. The number of fused-ring (bicyclic) bond motifs is 1. The van der Waals surface area contributed by atoms with E-state index in [1.165, 1.54) is 12.8 Å². The van der Waals surface area contributed by atoms with Crippen molar-refractivity contribution in [2.24, 2.45) is 5.92 Å². The number of hydrogen-bond acceptors (Lipinski definition) is 0. The normalized spacial score (nSPS) is 39.0. The summed E-state index contributed by atoms with van der Waals surface area (Å²) in [6.07, 6.45) is 6.91. The first-order valence-electron chi connectivity index (χ1n) is 3.09. The molecule has 40 valence electrons. The Morgan fingerprint density at radius 1 is 1.38 bits per heavy atom. The Kier molecular flexibility index (Phi) is 0.700. The van der Waals surface area contributed by atoms with Gasteiger partial charge in [-0.25, -0.2) is 0 Å². The smallest absolute Gasteiger partial charge is 0.0752 e. The second-order valence-electron chi connectivity index (χ2n) is 2.39. The molecule has 1 heteroatoms. The minimum Gasteiger partial charge on any atom is -0.0752 e. The minimum atomic E-state index is 0.486. The molecule has 0 saturated carbocycles. The van der Waals surface area contributed by atoms with Crippen molar-refractivity contribution in [1.82, 2.24) is 0 Å². The summed E-state index contributed by atoms with van der Waals surface area (Å²) < 4.78 is 0. The van der Waals surface area contributed by atoms with Crippen molar-refractivity contribution >= 4 is 0 Å². The second kappa shape index (κ2) is 1.35. The molecule has 0 amide bonds. The summed E-state index contributed by atoms with van der Waals surface area (Å²) in [5.74, 6) is 0.556. The average Bonchev–Trinajstić information content (AvgIpc) is 1.92. The van der Waals surface area contributed by atoms with Gasteiger partial charge in [0.15, 0.2) is 0 Å². The fourth-order valence-electron chi connectivity index (χ4n) is 1.21. The summed E-state index contributed by atoms with van der Waals surface area (Å²) in [7, 11) is 0. The number of allylic oxidation sites excluding steroid dienone is 1. The maximum absolute atomic E-state index is 4.16. The quantitative estimate of drug-likeness (QED) is 0.414. The minimum absolute atomic E-state index is 0.486. The number of rotatable bonds is 0. The molecule has 1 aliphatic carbocycles. The molecule has 1 nitrogen and oxygen atoms in total. The van der Waals surface area contributed by atoms with Crippen molar-refractivity contribution in [3.8, 4) is 6.07 Å². The van der Waals surface area contributed by atoms with E-state index in [-0.39, 0.29) is 0 Å². The lowest BCUT2D eigenvalue weighted by molar-refractivity contribution is 0.600. The van der Waals surface area contributed by atoms with Gasteiger partial charge in [-0.2, -0.15) is 0 Å². The molecule has 8 heavy (non-hydrogen) atoms. The molecule has 0 saturated heterocycles. The zero-order valence-electron chi connectivity index (χ0n) is 4.67. The summed E-state index contributed by atoms with van der Waals surface area (Å²) in [5.41, 5.74) is 0. The van der Waals surface area contributed by atoms with E-state index in [0.29, 0.717) is 12.0 Å². The van der Waals surface area contributed by atoms with Crippen LogP contribution in [0.3, 0.4) is 0 Å². The molecule has 0 aromatic heterocycles. The largest absolute Gasteiger partial charge is 0.290 e. The highest BCUT2D eigenvalue weighted by Crippen LogP contribution is 2.23. The molecule has 3 rings (SSSR count). The standard InChI is InChI=1S/C7H8N/c1-3-7-4-2-6(1)5-8-7/h1,3,6-7H,2,4H2/q+1. The maximum atomic E-state index is 4.16. The van der Waals surface area contributed by atoms with Gasteiger partial charge in [0.05, 0.1) is 0 Å². The molecule has 0 fully saturated rings. The second-order valence-corrected chi connectivity index (χ2v) is 2.39. The van der Waals surface area contributed by atoms with Crippen LogP contribution in [0.5, 0.6) is 0 Å². The topological polar surface area (TPSA) is 4.36 Å². The van der Waals surface area contributed by atoms with Crippen LogP contribution >= 0.6 is 0 Å². The first kappa shape index (κ1) is 4.14. The summed E-state index contributed by atoms with van der Waals surface area (Å²) >= 11 is 0. The molecule has 2 atom stereocenters. The lowest BCUT2D eigenvalue weighted by atomic mass is 9.92. The molecule has 0 N–H and O–H groups in total. The van der Waals surface area contributed by atoms with Crippen molar-refractivity contribution in [3.63, 3.8) is 0 Å². The number of hydrogen-bond donors (Lipinski definition) is 0. The fourth-order valence-corrected chi connectivity index (χ4v) is 1.21. The van der Waals surface area contributed by atoms with Gasteiger partial charge in [0.25, 0.3) is 12.1 Å². The SMILES string of the molecule is C1#[N+]C2C=CC1CC2. The van der Waals surface area contributed by atoms with E-state index in [9.17, 15) is 0 Å². The van der Waals surface area contributed by atoms with E-state index in [2.05, 4.69) is 23.1 Å². The van der Waals surface area contributed by atoms with E-state index in [1.54, 1.807) is 0 Å². The van der Waals surface area contributed by atoms with Gasteiger partial charge in [-0.3, -0.25) is 0 Å². The monoisotopic (exact) mass is 106 g/mol. The highest BCUT2D eigenvalue weighted by atomic mass is 14.7. The van der Waals surface area contributed by atoms with E-state index in [1.807, 2.05) is 0 Å². The van der Waals surface area contributed by atoms with E-state index in [0.717, 1.165) is 0 Å². The molecule has 0 spiro atoms. The zero-order valence-corrected chi connectivity index (χ0v) is 4.67. The summed E-state index contributed by atoms with van der Waals surface area (Å²) in [6.45, 7) is 0. The van der Waals surface area contributed by atoms with Crippen LogP contribution in [-0.2, 0) is 0 Å². The molecular formula is C7H8N+. The Balaban J connectivity index is 2.38. The third kappa shape index (κ3) is 0.462. The van der Waals surface area contributed by atoms with Gasteiger partial charge in [-0.15, -0.1) is 0 Å². The lowest BCUT2D eigenvalue weighted by Crippen LogP contribution is -2.12. The van der Waals surface area contributed by atoms with Crippen molar-refractivity contribution in [2.75, 3.05) is 0 Å². The van der Waals surface area contributed by atoms with Crippen LogP contribution in [0.4, 0.5) is 0 Å². The van der Waals surface area contributed by atoms with Crippen LogP contribution < -0.4 is 0 Å². The van der Waals surface area contributed by atoms with Gasteiger partial charge in [-0.1, -0.05) is 10.9 Å². The van der Waals surface area contributed by atoms with Crippen LogP contribution in [-0.4, -0.2) is 6.04 Å². The Bertz CT molecular complexity index is 164. The summed E-state index contributed by atoms with van der Waals surface area (Å²) in [4.78, 5) is 4.16. The molecule has 0 aromatic carbocycles. The van der Waals surface area contributed by atoms with Gasteiger partial charge in [0.1, 0.15) is 5.92 Å². The highest BCUT2D eigenvalue weighted by Gasteiger charge is 2.27. The van der Waals surface area contributed by atoms with Gasteiger partial charge in [0, 0.05) is 6.42 Å². The van der Waals surface area contributed by atoms with E-state index >= 15 is 0 Å². The van der Waals surface area contributed by atoms with Crippen LogP contribution in [0.2, 0.25) is 0 Å². The van der Waals surface area contributed by atoms with E-state index in [4.69, 9.17) is 0 Å². The van der Waals surface area contributed by atoms with Crippen LogP contribution in [0.15, 0.2) is 12.2 Å². The van der Waals surface area contributed by atoms with Crippen LogP contribution in [0.25, 0.3) is 4.85 Å². The third-order valence-corrected chi connectivity index (χ3v) is 1.75. The zero-order chi connectivity index (χ0) is 5.40. The molecule has 3 aliphatic rings. The van der Waals surface area contributed by atoms with Gasteiger partial charge >= 0.3 is 0 Å². The average molecular weight is 106 g/mol. The predicted molar refractivity (Wildman–Crippen MR) is 32.9 cm³/mol.